The molecule has 0 radical (unpaired) electrons. The van der Waals surface area contributed by atoms with Crippen LogP contribution in [-0.2, 0) is 15.5 Å². The van der Waals surface area contributed by atoms with E-state index in [0.717, 1.165) is 0 Å². The zero-order chi connectivity index (χ0) is 12.3. The Morgan fingerprint density at radius 2 is 2.06 bits per heavy atom. The molecule has 16 heavy (non-hydrogen) atoms. The third-order valence-electron chi connectivity index (χ3n) is 2.14. The topological polar surface area (TPSA) is 43.4 Å². The second kappa shape index (κ2) is 5.01. The molecule has 1 aromatic rings. The molecular formula is C10H12ClFO3S. The smallest absolute Gasteiger partial charge is 0.232 e. The minimum atomic E-state index is -3.58. The average molecular weight is 267 g/mol. The summed E-state index contributed by atoms with van der Waals surface area (Å²) in [5.74, 6) is -0.157. The number of rotatable bonds is 4. The van der Waals surface area contributed by atoms with E-state index in [4.69, 9.17) is 15.4 Å². The number of hydrogen-bond donors (Lipinski definition) is 0. The molecule has 0 saturated heterocycles. The SMILES string of the molecule is COc1c(C)cc(F)cc1CCS(=O)(=O)Cl. The number of hydrogen-bond acceptors (Lipinski definition) is 3. The van der Waals surface area contributed by atoms with Gasteiger partial charge in [-0.3, -0.25) is 0 Å². The van der Waals surface area contributed by atoms with Crippen LogP contribution in [-0.4, -0.2) is 21.3 Å². The van der Waals surface area contributed by atoms with Crippen LogP contribution in [0.25, 0.3) is 0 Å². The van der Waals surface area contributed by atoms with E-state index in [1.807, 2.05) is 0 Å². The number of aryl methyl sites for hydroxylation is 2. The molecular weight excluding hydrogens is 255 g/mol. The van der Waals surface area contributed by atoms with E-state index >= 15 is 0 Å². The van der Waals surface area contributed by atoms with Crippen LogP contribution in [0.2, 0.25) is 0 Å². The molecule has 1 rings (SSSR count). The highest BCUT2D eigenvalue weighted by Crippen LogP contribution is 2.25. The van der Waals surface area contributed by atoms with E-state index in [2.05, 4.69) is 0 Å². The van der Waals surface area contributed by atoms with E-state index in [1.165, 1.54) is 19.2 Å². The minimum absolute atomic E-state index is 0.133. The Labute approximate surface area is 98.6 Å². The van der Waals surface area contributed by atoms with Crippen molar-refractivity contribution in [3.8, 4) is 5.75 Å². The Bertz CT molecular complexity index is 485. The predicted octanol–water partition coefficient (Wildman–Crippen LogP) is 2.25. The molecule has 0 aliphatic carbocycles. The van der Waals surface area contributed by atoms with Crippen LogP contribution in [0.5, 0.6) is 5.75 Å². The van der Waals surface area contributed by atoms with Crippen molar-refractivity contribution in [2.45, 2.75) is 13.3 Å². The molecule has 0 N–H and O–H groups in total. The lowest BCUT2D eigenvalue weighted by Gasteiger charge is -2.10. The van der Waals surface area contributed by atoms with Crippen LogP contribution in [0.4, 0.5) is 4.39 Å². The van der Waals surface area contributed by atoms with E-state index in [0.29, 0.717) is 16.9 Å². The largest absolute Gasteiger partial charge is 0.496 e. The van der Waals surface area contributed by atoms with E-state index in [9.17, 15) is 12.8 Å². The van der Waals surface area contributed by atoms with Gasteiger partial charge in [-0.15, -0.1) is 0 Å². The van der Waals surface area contributed by atoms with Gasteiger partial charge in [0, 0.05) is 10.7 Å². The monoisotopic (exact) mass is 266 g/mol. The van der Waals surface area contributed by atoms with Gasteiger partial charge in [-0.05, 0) is 36.6 Å². The fraction of sp³-hybridized carbons (Fsp3) is 0.400. The molecule has 0 unspecified atom stereocenters. The molecule has 0 heterocycles. The van der Waals surface area contributed by atoms with Crippen LogP contribution in [0.3, 0.4) is 0 Å². The number of ether oxygens (including phenoxy) is 1. The molecule has 0 fully saturated rings. The van der Waals surface area contributed by atoms with Crippen molar-refractivity contribution < 1.29 is 17.5 Å². The molecule has 3 nitrogen and oxygen atoms in total. The second-order valence-electron chi connectivity index (χ2n) is 3.41. The van der Waals surface area contributed by atoms with Crippen LogP contribution in [0, 0.1) is 12.7 Å². The van der Waals surface area contributed by atoms with Gasteiger partial charge in [-0.1, -0.05) is 0 Å². The molecule has 0 spiro atoms. The summed E-state index contributed by atoms with van der Waals surface area (Å²) < 4.78 is 39.8. The molecule has 0 aliphatic rings. The normalized spacial score (nSPS) is 11.5. The molecule has 6 heteroatoms. The molecule has 0 amide bonds. The fourth-order valence-corrected chi connectivity index (χ4v) is 2.20. The Hall–Kier alpha value is -0.810. The second-order valence-corrected chi connectivity index (χ2v) is 6.30. The minimum Gasteiger partial charge on any atom is -0.496 e. The Balaban J connectivity index is 3.03. The van der Waals surface area contributed by atoms with Gasteiger partial charge in [0.2, 0.25) is 9.05 Å². The first kappa shape index (κ1) is 13.3. The van der Waals surface area contributed by atoms with Crippen molar-refractivity contribution in [2.75, 3.05) is 12.9 Å². The summed E-state index contributed by atoms with van der Waals surface area (Å²) in [5.41, 5.74) is 1.13. The standard InChI is InChI=1S/C10H12ClFO3S/c1-7-5-9(12)6-8(10(7)15-2)3-4-16(11,13)14/h5-6H,3-4H2,1-2H3. The van der Waals surface area contributed by atoms with Gasteiger partial charge in [0.1, 0.15) is 11.6 Å². The zero-order valence-electron chi connectivity index (χ0n) is 8.96. The molecule has 0 saturated carbocycles. The van der Waals surface area contributed by atoms with Gasteiger partial charge in [-0.2, -0.15) is 0 Å². The fourth-order valence-electron chi connectivity index (χ4n) is 1.51. The molecule has 0 atom stereocenters. The summed E-state index contributed by atoms with van der Waals surface area (Å²) >= 11 is 0. The quantitative estimate of drug-likeness (QED) is 0.785. The Morgan fingerprint density at radius 3 is 2.56 bits per heavy atom. The van der Waals surface area contributed by atoms with Crippen molar-refractivity contribution in [1.29, 1.82) is 0 Å². The van der Waals surface area contributed by atoms with Gasteiger partial charge in [-0.25, -0.2) is 12.8 Å². The molecule has 0 aliphatic heterocycles. The number of benzene rings is 1. The maximum absolute atomic E-state index is 13.1. The molecule has 1 aromatic carbocycles. The first-order valence-corrected chi connectivity index (χ1v) is 7.06. The summed E-state index contributed by atoms with van der Waals surface area (Å²) in [6, 6.07) is 2.59. The van der Waals surface area contributed by atoms with E-state index in [-0.39, 0.29) is 12.2 Å². The van der Waals surface area contributed by atoms with Crippen LogP contribution < -0.4 is 4.74 Å². The lowest BCUT2D eigenvalue weighted by Crippen LogP contribution is -2.04. The predicted molar refractivity (Wildman–Crippen MR) is 61.0 cm³/mol. The first-order valence-electron chi connectivity index (χ1n) is 4.59. The highest BCUT2D eigenvalue weighted by Gasteiger charge is 2.12. The Kier molecular flexibility index (Phi) is 4.15. The summed E-state index contributed by atoms with van der Waals surface area (Å²) in [6.07, 6.45) is 0.133. The van der Waals surface area contributed by atoms with Crippen LogP contribution in [0.1, 0.15) is 11.1 Å². The average Bonchev–Trinajstić information content (AvgIpc) is 2.12. The van der Waals surface area contributed by atoms with Crippen LogP contribution >= 0.6 is 10.7 Å². The van der Waals surface area contributed by atoms with E-state index < -0.39 is 14.9 Å². The lowest BCUT2D eigenvalue weighted by molar-refractivity contribution is 0.405. The zero-order valence-corrected chi connectivity index (χ0v) is 10.5. The van der Waals surface area contributed by atoms with Gasteiger partial charge < -0.3 is 4.74 Å². The summed E-state index contributed by atoms with van der Waals surface area (Å²) in [5, 5.41) is 0. The lowest BCUT2D eigenvalue weighted by atomic mass is 10.1. The summed E-state index contributed by atoms with van der Waals surface area (Å²) in [4.78, 5) is 0. The molecule has 0 bridgehead atoms. The van der Waals surface area contributed by atoms with Crippen molar-refractivity contribution in [3.05, 3.63) is 29.1 Å². The van der Waals surface area contributed by atoms with Gasteiger partial charge in [0.15, 0.2) is 0 Å². The Morgan fingerprint density at radius 1 is 1.44 bits per heavy atom. The molecule has 0 aromatic heterocycles. The van der Waals surface area contributed by atoms with Crippen molar-refractivity contribution in [1.82, 2.24) is 0 Å². The third kappa shape index (κ3) is 3.64. The summed E-state index contributed by atoms with van der Waals surface area (Å²) in [6.45, 7) is 1.70. The van der Waals surface area contributed by atoms with Crippen molar-refractivity contribution >= 4 is 19.7 Å². The third-order valence-corrected chi connectivity index (χ3v) is 3.29. The van der Waals surface area contributed by atoms with Gasteiger partial charge in [0.25, 0.3) is 0 Å². The van der Waals surface area contributed by atoms with Gasteiger partial charge >= 0.3 is 0 Å². The highest BCUT2D eigenvalue weighted by atomic mass is 35.7. The number of methoxy groups -OCH3 is 1. The maximum atomic E-state index is 13.1. The number of halogens is 2. The van der Waals surface area contributed by atoms with Crippen molar-refractivity contribution in [3.63, 3.8) is 0 Å². The molecule has 90 valence electrons. The first-order chi connectivity index (χ1) is 7.33. The summed E-state index contributed by atoms with van der Waals surface area (Å²) in [7, 11) is 2.97. The van der Waals surface area contributed by atoms with Crippen molar-refractivity contribution in [2.24, 2.45) is 0 Å². The van der Waals surface area contributed by atoms with Crippen LogP contribution in [0.15, 0.2) is 12.1 Å². The van der Waals surface area contributed by atoms with Gasteiger partial charge in [0.05, 0.1) is 12.9 Å². The van der Waals surface area contributed by atoms with E-state index in [1.54, 1.807) is 6.92 Å². The maximum Gasteiger partial charge on any atom is 0.232 e. The highest BCUT2D eigenvalue weighted by molar-refractivity contribution is 8.13.